The third-order valence-electron chi connectivity index (χ3n) is 7.61. The lowest BCUT2D eigenvalue weighted by Gasteiger charge is -2.15. The molecule has 0 saturated carbocycles. The van der Waals surface area contributed by atoms with Gasteiger partial charge in [0, 0.05) is 89.1 Å². The van der Waals surface area contributed by atoms with Crippen molar-refractivity contribution in [2.75, 3.05) is 10.6 Å². The highest BCUT2D eigenvalue weighted by molar-refractivity contribution is 7.80. The van der Waals surface area contributed by atoms with Crippen LogP contribution in [-0.2, 0) is 35.8 Å². The first-order chi connectivity index (χ1) is 27.2. The zero-order valence-electron chi connectivity index (χ0n) is 30.8. The average molecular weight is 817 g/mol. The Kier molecular flexibility index (Phi) is 17.2. The average Bonchev–Trinajstić information content (AvgIpc) is 3.91. The number of anilines is 2. The molecule has 0 aliphatic rings. The van der Waals surface area contributed by atoms with E-state index in [1.807, 2.05) is 36.7 Å². The lowest BCUT2D eigenvalue weighted by molar-refractivity contribution is -0.112. The smallest absolute Gasteiger partial charge is 0.247 e. The molecule has 0 fully saturated rings. The Bertz CT molecular complexity index is 2330. The van der Waals surface area contributed by atoms with Crippen LogP contribution >= 0.6 is 47.6 Å². The Labute approximate surface area is 341 Å². The molecule has 16 heteroatoms. The van der Waals surface area contributed by atoms with Crippen molar-refractivity contribution in [1.82, 2.24) is 30.6 Å². The number of hydrogen-bond donors (Lipinski definition) is 7. The Balaban J connectivity index is 0.000000243. The molecule has 0 aliphatic carbocycles. The molecule has 8 N–H and O–H groups in total. The molecule has 284 valence electrons. The number of rotatable bonds is 11. The number of H-pyrrole nitrogens is 2. The highest BCUT2D eigenvalue weighted by atomic mass is 35.5. The molecule has 0 unspecified atom stereocenters. The number of carbonyl (C=O) groups is 2. The van der Waals surface area contributed by atoms with E-state index in [1.165, 1.54) is 19.6 Å². The summed E-state index contributed by atoms with van der Waals surface area (Å²) in [5, 5.41) is 17.7. The van der Waals surface area contributed by atoms with E-state index in [1.54, 1.807) is 48.8 Å². The molecule has 2 aromatic carbocycles. The maximum Gasteiger partial charge on any atom is 0.247 e. The van der Waals surface area contributed by atoms with Gasteiger partial charge in [0.25, 0.3) is 0 Å². The largest absolute Gasteiger partial charge is 0.359 e. The normalized spacial score (nSPS) is 10.0. The molecule has 12 nitrogen and oxygen atoms in total. The second kappa shape index (κ2) is 22.5. The minimum absolute atomic E-state index is 0.276. The number of nitrogens with zero attached hydrogens (tertiary/aromatic N) is 3. The van der Waals surface area contributed by atoms with Crippen LogP contribution in [0.2, 0.25) is 10.0 Å². The van der Waals surface area contributed by atoms with Gasteiger partial charge in [-0.2, -0.15) is 0 Å². The van der Waals surface area contributed by atoms with Crippen molar-refractivity contribution in [3.8, 4) is 0 Å². The molecular weight excluding hydrogens is 776 g/mol. The third-order valence-corrected chi connectivity index (χ3v) is 8.73. The number of aliphatic imine (C=N–C) groups is 1. The summed E-state index contributed by atoms with van der Waals surface area (Å²) in [5.74, 6) is -0.575. The zero-order valence-corrected chi connectivity index (χ0v) is 32.9. The van der Waals surface area contributed by atoms with E-state index in [0.29, 0.717) is 46.2 Å². The number of hydrogen-bond acceptors (Lipinski definition) is 8. The number of aromatic nitrogens is 4. The molecule has 55 heavy (non-hydrogen) atoms. The molecule has 0 atom stereocenters. The summed E-state index contributed by atoms with van der Waals surface area (Å²) in [7, 11) is 1.25. The van der Waals surface area contributed by atoms with Crippen molar-refractivity contribution in [2.24, 2.45) is 10.7 Å². The fourth-order valence-corrected chi connectivity index (χ4v) is 5.66. The second-order valence-electron chi connectivity index (χ2n) is 11.0. The molecule has 0 bridgehead atoms. The van der Waals surface area contributed by atoms with Crippen LogP contribution < -0.4 is 27.0 Å². The van der Waals surface area contributed by atoms with Crippen LogP contribution in [0.3, 0.4) is 0 Å². The predicted molar refractivity (Wildman–Crippen MR) is 232 cm³/mol. The molecule has 6 rings (SSSR count). The van der Waals surface area contributed by atoms with Gasteiger partial charge in [0.05, 0.1) is 11.7 Å². The van der Waals surface area contributed by atoms with E-state index in [-0.39, 0.29) is 18.4 Å². The number of amides is 2. The topological polar surface area (TPSA) is 178 Å². The summed E-state index contributed by atoms with van der Waals surface area (Å²) in [5.41, 5.74) is 12.2. The first-order valence-electron chi connectivity index (χ1n) is 17.2. The van der Waals surface area contributed by atoms with Gasteiger partial charge in [0.1, 0.15) is 11.3 Å². The SMILES string of the molecule is C=CC(=O)Nc1cccc(Cl)c1CN.C=CC(=O)Nc1cccc(Cl)c1CNC(=S)NCc1ccnc2[nH]ccc12.S=C=NCc1ccnc2[nH]ccc12.[2H]C. The minimum Gasteiger partial charge on any atom is -0.359 e. The fraction of sp³-hybridized carbons (Fsp3) is 0.128. The van der Waals surface area contributed by atoms with Crippen molar-refractivity contribution in [1.29, 1.82) is 0 Å². The molecule has 4 heterocycles. The summed E-state index contributed by atoms with van der Waals surface area (Å²) in [4.78, 5) is 41.1. The molecule has 0 aliphatic heterocycles. The number of isothiocyanates is 1. The number of thiocarbonyl (C=S) groups is 2. The highest BCUT2D eigenvalue weighted by Gasteiger charge is 2.10. The predicted octanol–water partition coefficient (Wildman–Crippen LogP) is 8.23. The van der Waals surface area contributed by atoms with E-state index < -0.39 is 0 Å². The summed E-state index contributed by atoms with van der Waals surface area (Å²) < 4.78 is 5.75. The van der Waals surface area contributed by atoms with Gasteiger partial charge >= 0.3 is 0 Å². The van der Waals surface area contributed by atoms with Crippen LogP contribution in [0.25, 0.3) is 22.1 Å². The standard InChI is InChI=1S/C19H18ClN5OS.C10H11ClN2O.C9H7N3S.CH4/c1-2-17(26)25-16-5-3-4-15(20)14(16)11-24-19(27)23-10-12-6-8-21-18-13(12)7-9-22-18;1-2-10(14)13-9-5-3-4-8(11)7(9)6-12;13-6-10-5-7-1-3-11-9-8(7)2-4-12-9;/h2-9H,1,10-11H2,(H,21,22)(H,25,26)(H2,23,24,27);2-5H,1,6,12H2,(H,13,14);1-4H,5H2,(H,11,12);1H4/i;;;1D. The Morgan fingerprint density at radius 2 is 1.35 bits per heavy atom. The Hall–Kier alpha value is -5.73. The molecule has 0 saturated heterocycles. The van der Waals surface area contributed by atoms with Gasteiger partial charge < -0.3 is 37.0 Å². The van der Waals surface area contributed by atoms with Gasteiger partial charge in [-0.1, -0.05) is 55.9 Å². The molecule has 0 spiro atoms. The van der Waals surface area contributed by atoms with Gasteiger partial charge in [0.15, 0.2) is 5.11 Å². The fourth-order valence-electron chi connectivity index (χ4n) is 4.96. The number of fused-ring (bicyclic) bond motifs is 2. The number of halogens is 2. The molecule has 6 aromatic rings. The van der Waals surface area contributed by atoms with E-state index in [4.69, 9.17) is 42.5 Å². The quantitative estimate of drug-likeness (QED) is 0.0386. The summed E-state index contributed by atoms with van der Waals surface area (Å²) in [6.45, 7) is 8.60. The first-order valence-corrected chi connectivity index (χ1v) is 17.7. The van der Waals surface area contributed by atoms with Crippen molar-refractivity contribution in [2.45, 2.75) is 33.6 Å². The molecule has 2 amide bonds. The van der Waals surface area contributed by atoms with Crippen LogP contribution in [0, 0.1) is 0 Å². The number of carbonyl (C=O) groups excluding carboxylic acids is 2. The molecule has 0 radical (unpaired) electrons. The van der Waals surface area contributed by atoms with Crippen LogP contribution in [0.5, 0.6) is 0 Å². The van der Waals surface area contributed by atoms with Gasteiger partial charge in [-0.25, -0.2) is 15.0 Å². The summed E-state index contributed by atoms with van der Waals surface area (Å²) in [6, 6.07) is 18.4. The van der Waals surface area contributed by atoms with Crippen LogP contribution in [0.15, 0.2) is 116 Å². The van der Waals surface area contributed by atoms with Crippen LogP contribution in [-0.4, -0.2) is 42.0 Å². The Morgan fingerprint density at radius 3 is 1.89 bits per heavy atom. The number of nitrogens with two attached hydrogens (primary N) is 1. The summed E-state index contributed by atoms with van der Waals surface area (Å²) >= 11 is 22.0. The maximum absolute atomic E-state index is 11.6. The van der Waals surface area contributed by atoms with E-state index in [9.17, 15) is 9.59 Å². The highest BCUT2D eigenvalue weighted by Crippen LogP contribution is 2.25. The van der Waals surface area contributed by atoms with Gasteiger partial charge in [-0.3, -0.25) is 9.59 Å². The van der Waals surface area contributed by atoms with Crippen molar-refractivity contribution < 1.29 is 11.0 Å². The van der Waals surface area contributed by atoms with E-state index >= 15 is 0 Å². The Morgan fingerprint density at radius 1 is 0.836 bits per heavy atom. The van der Waals surface area contributed by atoms with Gasteiger partial charge in [-0.05, 0) is 96.2 Å². The maximum atomic E-state index is 11.6. The zero-order chi connectivity index (χ0) is 40.9. The lowest BCUT2D eigenvalue weighted by atomic mass is 10.1. The van der Waals surface area contributed by atoms with Gasteiger partial charge in [0.2, 0.25) is 11.8 Å². The number of benzene rings is 2. The van der Waals surface area contributed by atoms with Crippen LogP contribution in [0.4, 0.5) is 11.4 Å². The van der Waals surface area contributed by atoms with Crippen molar-refractivity contribution >= 4 is 103 Å². The molecular formula is C39H40Cl2N10O2S2. The summed E-state index contributed by atoms with van der Waals surface area (Å²) in [6.07, 6.45) is 9.64. The third kappa shape index (κ3) is 12.7. The van der Waals surface area contributed by atoms with Crippen molar-refractivity contribution in [3.63, 3.8) is 0 Å². The van der Waals surface area contributed by atoms with Gasteiger partial charge in [-0.15, -0.1) is 0 Å². The van der Waals surface area contributed by atoms with E-state index in [0.717, 1.165) is 44.3 Å². The second-order valence-corrected chi connectivity index (χ2v) is 12.4. The number of pyridine rings is 2. The first kappa shape index (κ1) is 42.0. The minimum atomic E-state index is -0.299. The lowest BCUT2D eigenvalue weighted by Crippen LogP contribution is -2.34. The van der Waals surface area contributed by atoms with E-state index in [2.05, 4.69) is 76.7 Å². The number of aromatic amines is 2. The molecule has 4 aromatic heterocycles. The monoisotopic (exact) mass is 815 g/mol. The van der Waals surface area contributed by atoms with Crippen molar-refractivity contribution in [3.05, 3.63) is 143 Å². The number of nitrogens with one attached hydrogen (secondary N) is 6. The van der Waals surface area contributed by atoms with Crippen LogP contribution in [0.1, 0.15) is 31.0 Å².